The number of rotatable bonds is 4. The average molecular weight is 183 g/mol. The Labute approximate surface area is 76.7 Å². The molecule has 1 aromatic heterocycles. The van der Waals surface area contributed by atoms with Crippen molar-refractivity contribution in [3.8, 4) is 0 Å². The molecule has 0 unspecified atom stereocenters. The minimum atomic E-state index is -0.257. The molecule has 0 bridgehead atoms. The van der Waals surface area contributed by atoms with Crippen LogP contribution >= 0.6 is 0 Å². The highest BCUT2D eigenvalue weighted by Crippen LogP contribution is 2.01. The van der Waals surface area contributed by atoms with Gasteiger partial charge in [0.1, 0.15) is 18.8 Å². The summed E-state index contributed by atoms with van der Waals surface area (Å²) in [5.41, 5.74) is 0. The molecular formula is C8H13N3O2. The van der Waals surface area contributed by atoms with Crippen LogP contribution in [0.1, 0.15) is 20.3 Å². The quantitative estimate of drug-likeness (QED) is 0.642. The maximum Gasteiger partial charge on any atom is 0.302 e. The van der Waals surface area contributed by atoms with Gasteiger partial charge < -0.3 is 4.74 Å². The van der Waals surface area contributed by atoms with Gasteiger partial charge in [0.2, 0.25) is 0 Å². The molecule has 0 aliphatic rings. The molecule has 0 amide bonds. The molecule has 1 atom stereocenters. The third-order valence-electron chi connectivity index (χ3n) is 1.65. The first-order valence-electron chi connectivity index (χ1n) is 4.22. The highest BCUT2D eigenvalue weighted by atomic mass is 16.5. The lowest BCUT2D eigenvalue weighted by molar-refractivity contribution is -0.147. The number of ether oxygens (including phenoxy) is 1. The third kappa shape index (κ3) is 3.23. The largest absolute Gasteiger partial charge is 0.461 e. The van der Waals surface area contributed by atoms with Crippen molar-refractivity contribution in [2.24, 2.45) is 0 Å². The van der Waals surface area contributed by atoms with E-state index < -0.39 is 0 Å². The lowest BCUT2D eigenvalue weighted by Crippen LogP contribution is -2.21. The van der Waals surface area contributed by atoms with Gasteiger partial charge in [0, 0.05) is 6.92 Å². The van der Waals surface area contributed by atoms with Crippen LogP contribution in [0.25, 0.3) is 0 Å². The fraction of sp³-hybridized carbons (Fsp3) is 0.625. The molecule has 0 aromatic carbocycles. The molecule has 0 spiro atoms. The topological polar surface area (TPSA) is 57.0 Å². The molecule has 72 valence electrons. The van der Waals surface area contributed by atoms with Gasteiger partial charge in [-0.1, -0.05) is 6.92 Å². The molecule has 5 nitrogen and oxygen atoms in total. The van der Waals surface area contributed by atoms with Gasteiger partial charge in [-0.3, -0.25) is 4.79 Å². The smallest absolute Gasteiger partial charge is 0.302 e. The van der Waals surface area contributed by atoms with Gasteiger partial charge in [0.05, 0.1) is 6.54 Å². The predicted molar refractivity (Wildman–Crippen MR) is 45.9 cm³/mol. The van der Waals surface area contributed by atoms with Crippen LogP contribution in [0.5, 0.6) is 0 Å². The summed E-state index contributed by atoms with van der Waals surface area (Å²) < 4.78 is 6.70. The van der Waals surface area contributed by atoms with Crippen LogP contribution in [0.2, 0.25) is 0 Å². The molecule has 0 N–H and O–H groups in total. The minimum Gasteiger partial charge on any atom is -0.461 e. The van der Waals surface area contributed by atoms with Crippen LogP contribution in [0.4, 0.5) is 0 Å². The van der Waals surface area contributed by atoms with Crippen LogP contribution in [-0.2, 0) is 16.1 Å². The van der Waals surface area contributed by atoms with Crippen molar-refractivity contribution in [2.75, 3.05) is 0 Å². The summed E-state index contributed by atoms with van der Waals surface area (Å²) in [7, 11) is 0. The summed E-state index contributed by atoms with van der Waals surface area (Å²) in [5, 5.41) is 3.93. The Balaban J connectivity index is 2.45. The van der Waals surface area contributed by atoms with Crippen molar-refractivity contribution in [1.82, 2.24) is 14.8 Å². The summed E-state index contributed by atoms with van der Waals surface area (Å²) in [6.45, 7) is 3.94. The Bertz CT molecular complexity index is 258. The van der Waals surface area contributed by atoms with E-state index in [1.54, 1.807) is 11.0 Å². The Morgan fingerprint density at radius 2 is 2.46 bits per heavy atom. The molecule has 0 saturated carbocycles. The van der Waals surface area contributed by atoms with Crippen molar-refractivity contribution >= 4 is 5.97 Å². The summed E-state index contributed by atoms with van der Waals surface area (Å²) in [6.07, 6.45) is 3.73. The maximum atomic E-state index is 10.7. The fourth-order valence-corrected chi connectivity index (χ4v) is 1.02. The van der Waals surface area contributed by atoms with E-state index in [0.717, 1.165) is 6.42 Å². The maximum absolute atomic E-state index is 10.7. The molecular weight excluding hydrogens is 170 g/mol. The first-order valence-corrected chi connectivity index (χ1v) is 4.22. The molecule has 0 saturated heterocycles. The van der Waals surface area contributed by atoms with Gasteiger partial charge in [-0.2, -0.15) is 5.10 Å². The number of esters is 1. The zero-order valence-corrected chi connectivity index (χ0v) is 7.80. The minimum absolute atomic E-state index is 0.112. The fourth-order valence-electron chi connectivity index (χ4n) is 1.02. The molecule has 5 heteroatoms. The van der Waals surface area contributed by atoms with Gasteiger partial charge in [-0.05, 0) is 6.42 Å². The molecule has 1 aromatic rings. The number of hydrogen-bond donors (Lipinski definition) is 0. The van der Waals surface area contributed by atoms with Crippen LogP contribution in [0, 0.1) is 0 Å². The first kappa shape index (κ1) is 9.70. The highest BCUT2D eigenvalue weighted by Gasteiger charge is 2.10. The van der Waals surface area contributed by atoms with E-state index in [0.29, 0.717) is 6.54 Å². The normalized spacial score (nSPS) is 12.5. The lowest BCUT2D eigenvalue weighted by Gasteiger charge is -2.14. The molecule has 1 rings (SSSR count). The summed E-state index contributed by atoms with van der Waals surface area (Å²) in [4.78, 5) is 14.5. The first-order chi connectivity index (χ1) is 6.22. The number of carbonyl (C=O) groups is 1. The molecule has 0 aliphatic heterocycles. The lowest BCUT2D eigenvalue weighted by atomic mass is 10.3. The molecule has 13 heavy (non-hydrogen) atoms. The monoisotopic (exact) mass is 183 g/mol. The van der Waals surface area contributed by atoms with E-state index in [4.69, 9.17) is 4.74 Å². The number of hydrogen-bond acceptors (Lipinski definition) is 4. The van der Waals surface area contributed by atoms with Crippen molar-refractivity contribution in [1.29, 1.82) is 0 Å². The van der Waals surface area contributed by atoms with E-state index in [9.17, 15) is 4.79 Å². The Morgan fingerprint density at radius 1 is 1.69 bits per heavy atom. The summed E-state index contributed by atoms with van der Waals surface area (Å²) in [6, 6.07) is 0. The summed E-state index contributed by atoms with van der Waals surface area (Å²) >= 11 is 0. The van der Waals surface area contributed by atoms with Gasteiger partial charge in [-0.15, -0.1) is 0 Å². The number of carbonyl (C=O) groups excluding carboxylic acids is 1. The van der Waals surface area contributed by atoms with Crippen LogP contribution in [0.3, 0.4) is 0 Å². The Morgan fingerprint density at radius 3 is 2.92 bits per heavy atom. The van der Waals surface area contributed by atoms with Crippen molar-refractivity contribution in [3.63, 3.8) is 0 Å². The zero-order chi connectivity index (χ0) is 9.68. The predicted octanol–water partition coefficient (Wildman–Crippen LogP) is 0.620. The van der Waals surface area contributed by atoms with E-state index in [1.165, 1.54) is 13.3 Å². The van der Waals surface area contributed by atoms with E-state index in [2.05, 4.69) is 10.1 Å². The van der Waals surface area contributed by atoms with E-state index in [-0.39, 0.29) is 12.1 Å². The Hall–Kier alpha value is -1.39. The van der Waals surface area contributed by atoms with Gasteiger partial charge in [0.15, 0.2) is 0 Å². The van der Waals surface area contributed by atoms with Crippen molar-refractivity contribution in [3.05, 3.63) is 12.7 Å². The molecule has 1 heterocycles. The molecule has 0 radical (unpaired) electrons. The zero-order valence-electron chi connectivity index (χ0n) is 7.80. The Kier molecular flexibility index (Phi) is 3.42. The second-order valence-electron chi connectivity index (χ2n) is 2.76. The average Bonchev–Trinajstić information content (AvgIpc) is 2.55. The van der Waals surface area contributed by atoms with Crippen molar-refractivity contribution in [2.45, 2.75) is 32.9 Å². The van der Waals surface area contributed by atoms with Gasteiger partial charge in [-0.25, -0.2) is 9.67 Å². The SMILES string of the molecule is CC[C@@H](Cn1cncn1)OC(C)=O. The van der Waals surface area contributed by atoms with Gasteiger partial charge >= 0.3 is 5.97 Å². The van der Waals surface area contributed by atoms with Gasteiger partial charge in [0.25, 0.3) is 0 Å². The summed E-state index contributed by atoms with van der Waals surface area (Å²) in [5.74, 6) is -0.257. The van der Waals surface area contributed by atoms with E-state index >= 15 is 0 Å². The standard InChI is InChI=1S/C8H13N3O2/c1-3-8(13-7(2)12)4-11-6-9-5-10-11/h5-6,8H,3-4H2,1-2H3/t8-/m0/s1. The number of aromatic nitrogens is 3. The number of nitrogens with zero attached hydrogens (tertiary/aromatic N) is 3. The van der Waals surface area contributed by atoms with E-state index in [1.807, 2.05) is 6.92 Å². The van der Waals surface area contributed by atoms with Crippen molar-refractivity contribution < 1.29 is 9.53 Å². The highest BCUT2D eigenvalue weighted by molar-refractivity contribution is 5.66. The second kappa shape index (κ2) is 4.59. The third-order valence-corrected chi connectivity index (χ3v) is 1.65. The van der Waals surface area contributed by atoms with Crippen LogP contribution in [-0.4, -0.2) is 26.8 Å². The van der Waals surface area contributed by atoms with Crippen LogP contribution in [0.15, 0.2) is 12.7 Å². The molecule has 0 fully saturated rings. The molecule has 0 aliphatic carbocycles. The second-order valence-corrected chi connectivity index (χ2v) is 2.76. The van der Waals surface area contributed by atoms with Crippen LogP contribution < -0.4 is 0 Å².